The van der Waals surface area contributed by atoms with Crippen molar-refractivity contribution in [3.63, 3.8) is 0 Å². The molecule has 0 bridgehead atoms. The molecule has 0 radical (unpaired) electrons. The molecule has 0 atom stereocenters. The molecule has 30 heavy (non-hydrogen) atoms. The van der Waals surface area contributed by atoms with E-state index in [4.69, 9.17) is 18.9 Å². The predicted molar refractivity (Wildman–Crippen MR) is 114 cm³/mol. The van der Waals surface area contributed by atoms with Crippen LogP contribution in [0.25, 0.3) is 6.08 Å². The van der Waals surface area contributed by atoms with Crippen molar-refractivity contribution in [1.82, 2.24) is 5.32 Å². The smallest absolute Gasteiger partial charge is 0.244 e. The zero-order chi connectivity index (χ0) is 20.8. The first kappa shape index (κ1) is 20.3. The maximum atomic E-state index is 12.5. The highest BCUT2D eigenvalue weighted by Crippen LogP contribution is 2.35. The van der Waals surface area contributed by atoms with Crippen molar-refractivity contribution in [3.8, 4) is 17.2 Å². The maximum absolute atomic E-state index is 12.5. The number of nitrogens with one attached hydrogen (secondary N) is 1. The van der Waals surface area contributed by atoms with E-state index in [2.05, 4.69) is 17.4 Å². The van der Waals surface area contributed by atoms with Crippen LogP contribution in [0.3, 0.4) is 0 Å². The molecule has 2 aromatic carbocycles. The fraction of sp³-hybridized carbons (Fsp3) is 0.375. The lowest BCUT2D eigenvalue weighted by molar-refractivity contribution is -0.116. The van der Waals surface area contributed by atoms with Crippen LogP contribution in [0, 0.1) is 0 Å². The Morgan fingerprint density at radius 1 is 1.10 bits per heavy atom. The van der Waals surface area contributed by atoms with Crippen molar-refractivity contribution >= 4 is 12.0 Å². The van der Waals surface area contributed by atoms with Gasteiger partial charge in [0.15, 0.2) is 11.5 Å². The van der Waals surface area contributed by atoms with Gasteiger partial charge in [0.05, 0.1) is 6.61 Å². The third-order valence-corrected chi connectivity index (χ3v) is 5.65. The van der Waals surface area contributed by atoms with Crippen LogP contribution in [0.15, 0.2) is 48.5 Å². The number of benzene rings is 2. The summed E-state index contributed by atoms with van der Waals surface area (Å²) in [4.78, 5) is 12.5. The van der Waals surface area contributed by atoms with E-state index < -0.39 is 0 Å². The van der Waals surface area contributed by atoms with E-state index in [1.54, 1.807) is 12.2 Å². The molecular weight excluding hydrogens is 382 g/mol. The number of amides is 1. The minimum absolute atomic E-state index is 0.121. The lowest BCUT2D eigenvalue weighted by Crippen LogP contribution is -2.44. The minimum Gasteiger partial charge on any atom is -0.494 e. The van der Waals surface area contributed by atoms with Crippen molar-refractivity contribution in [2.24, 2.45) is 0 Å². The van der Waals surface area contributed by atoms with Crippen LogP contribution in [-0.4, -0.2) is 39.1 Å². The van der Waals surface area contributed by atoms with Gasteiger partial charge in [-0.05, 0) is 61.2 Å². The highest BCUT2D eigenvalue weighted by atomic mass is 16.7. The fourth-order valence-electron chi connectivity index (χ4n) is 3.90. The molecule has 4 rings (SSSR count). The number of fused-ring (bicyclic) bond motifs is 1. The summed E-state index contributed by atoms with van der Waals surface area (Å²) in [5.41, 5.74) is 1.96. The molecule has 0 aliphatic carbocycles. The van der Waals surface area contributed by atoms with Gasteiger partial charge in [0.1, 0.15) is 5.75 Å². The molecule has 6 nitrogen and oxygen atoms in total. The summed E-state index contributed by atoms with van der Waals surface area (Å²) in [5.74, 6) is 2.17. The zero-order valence-electron chi connectivity index (χ0n) is 17.2. The molecule has 1 fully saturated rings. The average Bonchev–Trinajstić information content (AvgIpc) is 3.25. The molecule has 1 N–H and O–H groups in total. The summed E-state index contributed by atoms with van der Waals surface area (Å²) >= 11 is 0. The molecule has 2 heterocycles. The quantitative estimate of drug-likeness (QED) is 0.707. The van der Waals surface area contributed by atoms with Gasteiger partial charge in [0, 0.05) is 31.2 Å². The van der Waals surface area contributed by atoms with Crippen molar-refractivity contribution in [1.29, 1.82) is 0 Å². The molecule has 0 aromatic heterocycles. The molecule has 0 unspecified atom stereocenters. The van der Waals surface area contributed by atoms with E-state index in [1.165, 1.54) is 5.56 Å². The second kappa shape index (κ2) is 9.22. The van der Waals surface area contributed by atoms with Crippen LogP contribution in [0.5, 0.6) is 17.2 Å². The van der Waals surface area contributed by atoms with E-state index in [9.17, 15) is 4.79 Å². The summed E-state index contributed by atoms with van der Waals surface area (Å²) in [6.45, 7) is 4.80. The number of hydrogen-bond donors (Lipinski definition) is 1. The molecule has 6 heteroatoms. The molecule has 1 saturated heterocycles. The van der Waals surface area contributed by atoms with Gasteiger partial charge in [-0.3, -0.25) is 4.79 Å². The van der Waals surface area contributed by atoms with Crippen LogP contribution < -0.4 is 19.5 Å². The molecule has 158 valence electrons. The van der Waals surface area contributed by atoms with Crippen LogP contribution in [0.4, 0.5) is 0 Å². The van der Waals surface area contributed by atoms with Crippen molar-refractivity contribution < 1.29 is 23.7 Å². The molecule has 0 saturated carbocycles. The van der Waals surface area contributed by atoms with Gasteiger partial charge in [0.2, 0.25) is 12.7 Å². The van der Waals surface area contributed by atoms with Crippen LogP contribution in [-0.2, 0) is 14.9 Å². The van der Waals surface area contributed by atoms with E-state index in [0.717, 1.165) is 29.9 Å². The Kier molecular flexibility index (Phi) is 6.23. The first-order valence-corrected chi connectivity index (χ1v) is 10.4. The summed E-state index contributed by atoms with van der Waals surface area (Å²) in [6, 6.07) is 13.8. The fourth-order valence-corrected chi connectivity index (χ4v) is 3.90. The first-order valence-electron chi connectivity index (χ1n) is 10.4. The lowest BCUT2D eigenvalue weighted by Gasteiger charge is -2.38. The van der Waals surface area contributed by atoms with Crippen LogP contribution in [0.2, 0.25) is 0 Å². The number of rotatable bonds is 7. The standard InChI is InChI=1S/C24H27NO5/c1-2-28-20-7-5-19(6-8-20)24(11-13-27-14-12-24)16-25-23(26)10-4-18-3-9-21-22(15-18)30-17-29-21/h3-10,15H,2,11-14,16-17H2,1H3,(H,25,26). The number of carbonyl (C=O) groups is 1. The number of carbonyl (C=O) groups excluding carboxylic acids is 1. The Hall–Kier alpha value is -2.99. The number of hydrogen-bond acceptors (Lipinski definition) is 5. The van der Waals surface area contributed by atoms with Gasteiger partial charge < -0.3 is 24.3 Å². The van der Waals surface area contributed by atoms with Gasteiger partial charge in [-0.1, -0.05) is 18.2 Å². The average molecular weight is 409 g/mol. The van der Waals surface area contributed by atoms with Crippen LogP contribution >= 0.6 is 0 Å². The summed E-state index contributed by atoms with van der Waals surface area (Å²) in [6.07, 6.45) is 5.08. The normalized spacial score (nSPS) is 17.1. The summed E-state index contributed by atoms with van der Waals surface area (Å²) in [7, 11) is 0. The van der Waals surface area contributed by atoms with Crippen molar-refractivity contribution in [2.75, 3.05) is 33.2 Å². The molecule has 2 aliphatic heterocycles. The first-order chi connectivity index (χ1) is 14.7. The third-order valence-electron chi connectivity index (χ3n) is 5.65. The van der Waals surface area contributed by atoms with Crippen molar-refractivity contribution in [3.05, 3.63) is 59.7 Å². The van der Waals surface area contributed by atoms with E-state index in [0.29, 0.717) is 32.1 Å². The molecule has 0 spiro atoms. The highest BCUT2D eigenvalue weighted by molar-refractivity contribution is 5.91. The minimum atomic E-state index is -0.134. The predicted octanol–water partition coefficient (Wildman–Crippen LogP) is 3.69. The largest absolute Gasteiger partial charge is 0.494 e. The topological polar surface area (TPSA) is 66.0 Å². The maximum Gasteiger partial charge on any atom is 0.244 e. The number of ether oxygens (including phenoxy) is 4. The van der Waals surface area contributed by atoms with Gasteiger partial charge in [-0.25, -0.2) is 0 Å². The Morgan fingerprint density at radius 2 is 1.87 bits per heavy atom. The van der Waals surface area contributed by atoms with Gasteiger partial charge in [-0.15, -0.1) is 0 Å². The van der Waals surface area contributed by atoms with Gasteiger partial charge >= 0.3 is 0 Å². The lowest BCUT2D eigenvalue weighted by atomic mass is 9.74. The second-order valence-electron chi connectivity index (χ2n) is 7.51. The SMILES string of the molecule is CCOc1ccc(C2(CNC(=O)C=Cc3ccc4c(c3)OCO4)CCOCC2)cc1. The molecule has 2 aromatic rings. The van der Waals surface area contributed by atoms with E-state index >= 15 is 0 Å². The summed E-state index contributed by atoms with van der Waals surface area (Å²) < 4.78 is 21.8. The summed E-state index contributed by atoms with van der Waals surface area (Å²) in [5, 5.41) is 3.09. The van der Waals surface area contributed by atoms with Gasteiger partial charge in [-0.2, -0.15) is 0 Å². The third kappa shape index (κ3) is 4.60. The van der Waals surface area contributed by atoms with Gasteiger partial charge in [0.25, 0.3) is 0 Å². The molecular formula is C24H27NO5. The van der Waals surface area contributed by atoms with E-state index in [1.807, 2.05) is 37.3 Å². The molecule has 2 aliphatic rings. The molecule has 1 amide bonds. The Bertz CT molecular complexity index is 900. The Morgan fingerprint density at radius 3 is 2.63 bits per heavy atom. The van der Waals surface area contributed by atoms with Crippen LogP contribution in [0.1, 0.15) is 30.9 Å². The zero-order valence-corrected chi connectivity index (χ0v) is 17.2. The Balaban J connectivity index is 1.41. The second-order valence-corrected chi connectivity index (χ2v) is 7.51. The van der Waals surface area contributed by atoms with E-state index in [-0.39, 0.29) is 18.1 Å². The Labute approximate surface area is 176 Å². The highest BCUT2D eigenvalue weighted by Gasteiger charge is 2.34. The monoisotopic (exact) mass is 409 g/mol. The van der Waals surface area contributed by atoms with Crippen molar-refractivity contribution in [2.45, 2.75) is 25.2 Å².